The maximum Gasteiger partial charge on any atom is 0.229 e. The summed E-state index contributed by atoms with van der Waals surface area (Å²) in [6, 6.07) is 0. The Labute approximate surface area is 87.2 Å². The second-order valence-corrected chi connectivity index (χ2v) is 4.22. The number of H-pyrrole nitrogens is 1. The number of alkyl halides is 1. The van der Waals surface area contributed by atoms with E-state index in [0.29, 0.717) is 13.0 Å². The third-order valence-electron chi connectivity index (χ3n) is 2.56. The summed E-state index contributed by atoms with van der Waals surface area (Å²) in [4.78, 5) is 13.2. The first-order valence-electron chi connectivity index (χ1n) is 4.55. The average Bonchev–Trinajstić information content (AvgIpc) is 2.59. The van der Waals surface area contributed by atoms with Crippen molar-refractivity contribution in [2.45, 2.75) is 25.6 Å². The van der Waals surface area contributed by atoms with Crippen molar-refractivity contribution in [2.75, 3.05) is 11.4 Å². The molecule has 1 saturated heterocycles. The lowest BCUT2D eigenvalue weighted by atomic mass is 10.2. The summed E-state index contributed by atoms with van der Waals surface area (Å²) < 4.78 is 0. The van der Waals surface area contributed by atoms with Crippen LogP contribution in [0.2, 0.25) is 0 Å². The number of carbonyl (C=O) groups excluding carboxylic acids is 1. The van der Waals surface area contributed by atoms with Crippen molar-refractivity contribution >= 4 is 23.3 Å². The number of anilines is 1. The molecule has 0 radical (unpaired) electrons. The second-order valence-electron chi connectivity index (χ2n) is 3.60. The van der Waals surface area contributed by atoms with Gasteiger partial charge in [-0.3, -0.25) is 14.8 Å². The van der Waals surface area contributed by atoms with E-state index in [2.05, 4.69) is 10.2 Å². The van der Waals surface area contributed by atoms with Gasteiger partial charge in [-0.1, -0.05) is 0 Å². The van der Waals surface area contributed by atoms with Crippen LogP contribution in [-0.4, -0.2) is 28.0 Å². The molecule has 1 aliphatic heterocycles. The van der Waals surface area contributed by atoms with Crippen LogP contribution in [0.5, 0.6) is 0 Å². The van der Waals surface area contributed by atoms with E-state index in [-0.39, 0.29) is 11.3 Å². The van der Waals surface area contributed by atoms with Crippen LogP contribution < -0.4 is 4.90 Å². The van der Waals surface area contributed by atoms with Crippen molar-refractivity contribution in [3.63, 3.8) is 0 Å². The largest absolute Gasteiger partial charge is 0.294 e. The molecule has 5 heteroatoms. The van der Waals surface area contributed by atoms with E-state index >= 15 is 0 Å². The number of nitrogens with zero attached hydrogens (tertiary/aromatic N) is 2. The van der Waals surface area contributed by atoms with Crippen molar-refractivity contribution in [1.82, 2.24) is 10.2 Å². The van der Waals surface area contributed by atoms with Crippen LogP contribution in [0.25, 0.3) is 0 Å². The Bertz CT molecular complexity index is 374. The summed E-state index contributed by atoms with van der Waals surface area (Å²) in [6.45, 7) is 4.44. The lowest BCUT2D eigenvalue weighted by Gasteiger charge is -2.13. The number of nitrogens with one attached hydrogen (secondary N) is 1. The molecule has 1 atom stereocenters. The van der Waals surface area contributed by atoms with E-state index < -0.39 is 0 Å². The highest BCUT2D eigenvalue weighted by Gasteiger charge is 2.31. The molecule has 1 aromatic heterocycles. The van der Waals surface area contributed by atoms with E-state index in [9.17, 15) is 4.79 Å². The van der Waals surface area contributed by atoms with Gasteiger partial charge in [-0.25, -0.2) is 0 Å². The Kier molecular flexibility index (Phi) is 2.23. The molecule has 0 aromatic carbocycles. The van der Waals surface area contributed by atoms with Crippen molar-refractivity contribution in [3.8, 4) is 0 Å². The zero-order valence-corrected chi connectivity index (χ0v) is 8.93. The van der Waals surface area contributed by atoms with Crippen LogP contribution in [-0.2, 0) is 4.79 Å². The van der Waals surface area contributed by atoms with E-state index in [1.54, 1.807) is 4.90 Å². The number of carbonyl (C=O) groups is 1. The molecule has 76 valence electrons. The minimum absolute atomic E-state index is 0.0552. The van der Waals surface area contributed by atoms with Gasteiger partial charge < -0.3 is 0 Å². The first kappa shape index (κ1) is 9.52. The molecule has 1 fully saturated rings. The van der Waals surface area contributed by atoms with Gasteiger partial charge in [0.15, 0.2) is 5.82 Å². The highest BCUT2D eigenvalue weighted by atomic mass is 35.5. The number of aromatic nitrogens is 2. The van der Waals surface area contributed by atoms with Gasteiger partial charge in [-0.2, -0.15) is 5.10 Å². The summed E-state index contributed by atoms with van der Waals surface area (Å²) in [5.74, 6) is 0.773. The Morgan fingerprint density at radius 2 is 2.29 bits per heavy atom. The van der Waals surface area contributed by atoms with E-state index in [1.165, 1.54) is 0 Å². The molecular weight excluding hydrogens is 202 g/mol. The van der Waals surface area contributed by atoms with Gasteiger partial charge in [0.05, 0.1) is 5.38 Å². The smallest absolute Gasteiger partial charge is 0.229 e. The van der Waals surface area contributed by atoms with Crippen LogP contribution in [0.1, 0.15) is 17.7 Å². The minimum Gasteiger partial charge on any atom is -0.294 e. The summed E-state index contributed by atoms with van der Waals surface area (Å²) in [5, 5.41) is 6.88. The molecule has 1 N–H and O–H groups in total. The van der Waals surface area contributed by atoms with Gasteiger partial charge in [0.1, 0.15) is 0 Å². The zero-order valence-electron chi connectivity index (χ0n) is 8.17. The van der Waals surface area contributed by atoms with E-state index in [0.717, 1.165) is 17.1 Å². The molecule has 2 heterocycles. The molecule has 1 aliphatic rings. The molecule has 0 saturated carbocycles. The lowest BCUT2D eigenvalue weighted by Crippen LogP contribution is -2.25. The van der Waals surface area contributed by atoms with Crippen molar-refractivity contribution < 1.29 is 4.79 Å². The van der Waals surface area contributed by atoms with E-state index in [1.807, 2.05) is 13.8 Å². The molecule has 0 aliphatic carbocycles. The molecule has 1 unspecified atom stereocenters. The van der Waals surface area contributed by atoms with Crippen LogP contribution >= 0.6 is 11.6 Å². The van der Waals surface area contributed by atoms with Crippen LogP contribution in [0.4, 0.5) is 5.82 Å². The summed E-state index contributed by atoms with van der Waals surface area (Å²) in [7, 11) is 0. The maximum atomic E-state index is 11.5. The number of rotatable bonds is 1. The SMILES string of the molecule is Cc1[nH]nc(N2CC(Cl)CC2=O)c1C. The van der Waals surface area contributed by atoms with E-state index in [4.69, 9.17) is 11.6 Å². The maximum absolute atomic E-state index is 11.5. The average molecular weight is 214 g/mol. The first-order valence-corrected chi connectivity index (χ1v) is 4.99. The molecule has 0 spiro atoms. The monoisotopic (exact) mass is 213 g/mol. The zero-order chi connectivity index (χ0) is 10.3. The number of hydrogen-bond acceptors (Lipinski definition) is 2. The van der Waals surface area contributed by atoms with Crippen molar-refractivity contribution in [1.29, 1.82) is 0 Å². The molecule has 14 heavy (non-hydrogen) atoms. The summed E-state index contributed by atoms with van der Waals surface area (Å²) in [6.07, 6.45) is 0.410. The van der Waals surface area contributed by atoms with Crippen molar-refractivity contribution in [3.05, 3.63) is 11.3 Å². The third-order valence-corrected chi connectivity index (χ3v) is 2.85. The lowest BCUT2D eigenvalue weighted by molar-refractivity contribution is -0.117. The van der Waals surface area contributed by atoms with Crippen LogP contribution in [0, 0.1) is 13.8 Å². The predicted molar refractivity (Wildman–Crippen MR) is 54.7 cm³/mol. The molecule has 4 nitrogen and oxygen atoms in total. The Morgan fingerprint density at radius 1 is 1.57 bits per heavy atom. The fraction of sp³-hybridized carbons (Fsp3) is 0.556. The Morgan fingerprint density at radius 3 is 2.71 bits per heavy atom. The molecule has 1 amide bonds. The molecule has 0 bridgehead atoms. The fourth-order valence-electron chi connectivity index (χ4n) is 1.60. The van der Waals surface area contributed by atoms with Gasteiger partial charge in [-0.15, -0.1) is 11.6 Å². The third kappa shape index (κ3) is 1.39. The van der Waals surface area contributed by atoms with Gasteiger partial charge in [0, 0.05) is 24.2 Å². The number of amides is 1. The minimum atomic E-state index is -0.0843. The standard InChI is InChI=1S/C9H12ClN3O/c1-5-6(2)11-12-9(5)13-4-7(10)3-8(13)14/h7H,3-4H2,1-2H3,(H,11,12). The topological polar surface area (TPSA) is 49.0 Å². The number of halogens is 1. The normalized spacial score (nSPS) is 22.1. The van der Waals surface area contributed by atoms with Crippen molar-refractivity contribution in [2.24, 2.45) is 0 Å². The Hall–Kier alpha value is -1.03. The highest BCUT2D eigenvalue weighted by Crippen LogP contribution is 2.26. The predicted octanol–water partition coefficient (Wildman–Crippen LogP) is 1.37. The van der Waals surface area contributed by atoms with Gasteiger partial charge >= 0.3 is 0 Å². The number of aromatic amines is 1. The summed E-state index contributed by atoms with van der Waals surface area (Å²) >= 11 is 5.91. The van der Waals surface area contributed by atoms with Gasteiger partial charge in [0.2, 0.25) is 5.91 Å². The highest BCUT2D eigenvalue weighted by molar-refractivity contribution is 6.24. The molecular formula is C9H12ClN3O. The fourth-order valence-corrected chi connectivity index (χ4v) is 1.87. The van der Waals surface area contributed by atoms with Crippen LogP contribution in [0.3, 0.4) is 0 Å². The van der Waals surface area contributed by atoms with Crippen LogP contribution in [0.15, 0.2) is 0 Å². The second kappa shape index (κ2) is 3.28. The molecule has 1 aromatic rings. The number of aryl methyl sites for hydroxylation is 1. The summed E-state index contributed by atoms with van der Waals surface area (Å²) in [5.41, 5.74) is 2.01. The quantitative estimate of drug-likeness (QED) is 0.717. The Balaban J connectivity index is 2.32. The first-order chi connectivity index (χ1) is 6.59. The van der Waals surface area contributed by atoms with Gasteiger partial charge in [0.25, 0.3) is 0 Å². The number of hydrogen-bond donors (Lipinski definition) is 1. The molecule has 2 rings (SSSR count). The van der Waals surface area contributed by atoms with Gasteiger partial charge in [-0.05, 0) is 13.8 Å².